The van der Waals surface area contributed by atoms with Gasteiger partial charge in [0, 0.05) is 30.9 Å². The van der Waals surface area contributed by atoms with Gasteiger partial charge in [0.25, 0.3) is 0 Å². The van der Waals surface area contributed by atoms with Crippen LogP contribution in [-0.2, 0) is 17.8 Å². The molecule has 2 aromatic carbocycles. The molecule has 198 valence electrons. The van der Waals surface area contributed by atoms with E-state index in [1.165, 1.54) is 0 Å². The van der Waals surface area contributed by atoms with Crippen molar-refractivity contribution < 1.29 is 19.0 Å². The van der Waals surface area contributed by atoms with Crippen LogP contribution < -0.4 is 19.7 Å². The number of Topliss-reactive ketones (excluding diaryl/α,β-unsaturated/α-hetero) is 1. The summed E-state index contributed by atoms with van der Waals surface area (Å²) in [5.41, 5.74) is 3.50. The first-order chi connectivity index (χ1) is 18.3. The molecule has 0 bridgehead atoms. The number of allylic oxidation sites excluding steroid dienone is 2. The van der Waals surface area contributed by atoms with E-state index in [-0.39, 0.29) is 17.1 Å². The van der Waals surface area contributed by atoms with Crippen LogP contribution in [0, 0.1) is 10.8 Å². The van der Waals surface area contributed by atoms with E-state index < -0.39 is 0 Å². The molecule has 1 aliphatic carbocycles. The maximum atomic E-state index is 13.5. The molecule has 2 heterocycles. The minimum atomic E-state index is -0.374. The SMILES string of the molecule is CCOc1ccc(CCn2cnc3c(c2=N)[C@H](c2ccccc2)C2=C(CC(C)(C)CC2=O)O3)cc1OCC. The average Bonchev–Trinajstić information content (AvgIpc) is 2.88. The third-order valence-electron chi connectivity index (χ3n) is 7.15. The van der Waals surface area contributed by atoms with Crippen LogP contribution in [0.25, 0.3) is 0 Å². The first kappa shape index (κ1) is 25.8. The normalized spacial score (nSPS) is 17.9. The van der Waals surface area contributed by atoms with Crippen LogP contribution in [0.3, 0.4) is 0 Å². The summed E-state index contributed by atoms with van der Waals surface area (Å²) in [6.07, 6.45) is 3.48. The minimum absolute atomic E-state index is 0.0865. The van der Waals surface area contributed by atoms with E-state index in [0.717, 1.165) is 22.6 Å². The van der Waals surface area contributed by atoms with Crippen molar-refractivity contribution in [1.29, 1.82) is 5.41 Å². The number of fused-ring (bicyclic) bond motifs is 1. The van der Waals surface area contributed by atoms with Gasteiger partial charge in [0.05, 0.1) is 18.8 Å². The number of aromatic nitrogens is 2. The lowest BCUT2D eigenvalue weighted by molar-refractivity contribution is -0.118. The molecule has 7 nitrogen and oxygen atoms in total. The number of ketones is 1. The maximum Gasteiger partial charge on any atom is 0.228 e. The molecule has 0 spiro atoms. The molecule has 38 heavy (non-hydrogen) atoms. The second-order valence-corrected chi connectivity index (χ2v) is 10.6. The molecule has 0 saturated carbocycles. The van der Waals surface area contributed by atoms with E-state index in [2.05, 4.69) is 18.8 Å². The van der Waals surface area contributed by atoms with E-state index in [1.807, 2.05) is 66.9 Å². The van der Waals surface area contributed by atoms with Crippen molar-refractivity contribution >= 4 is 5.78 Å². The summed E-state index contributed by atoms with van der Waals surface area (Å²) in [6, 6.07) is 15.9. The zero-order valence-electron chi connectivity index (χ0n) is 22.5. The van der Waals surface area contributed by atoms with Crippen molar-refractivity contribution in [2.75, 3.05) is 13.2 Å². The molecule has 0 saturated heterocycles. The van der Waals surface area contributed by atoms with Gasteiger partial charge in [-0.05, 0) is 48.9 Å². The van der Waals surface area contributed by atoms with Gasteiger partial charge in [-0.25, -0.2) is 4.98 Å². The minimum Gasteiger partial charge on any atom is -0.490 e. The monoisotopic (exact) mass is 513 g/mol. The molecule has 0 radical (unpaired) electrons. The van der Waals surface area contributed by atoms with Crippen LogP contribution in [0.4, 0.5) is 0 Å². The Balaban J connectivity index is 1.51. The van der Waals surface area contributed by atoms with Gasteiger partial charge in [0.2, 0.25) is 5.88 Å². The average molecular weight is 514 g/mol. The first-order valence-corrected chi connectivity index (χ1v) is 13.3. The standard InChI is InChI=1S/C31H35N3O4/c1-5-36-23-13-12-20(16-24(23)37-6-2)14-15-34-19-33-30-28(29(34)32)26(21-10-8-7-9-11-21)27-22(35)17-31(3,4)18-25(27)38-30/h7-13,16,19,26,32H,5-6,14-15,17-18H2,1-4H3/t26-/m1/s1. The van der Waals surface area contributed by atoms with Gasteiger partial charge < -0.3 is 18.8 Å². The summed E-state index contributed by atoms with van der Waals surface area (Å²) < 4.78 is 19.6. The summed E-state index contributed by atoms with van der Waals surface area (Å²) >= 11 is 0. The Hall–Kier alpha value is -3.87. The Kier molecular flexibility index (Phi) is 7.11. The number of hydrogen-bond acceptors (Lipinski definition) is 6. The van der Waals surface area contributed by atoms with Crippen molar-refractivity contribution in [3.8, 4) is 17.4 Å². The largest absolute Gasteiger partial charge is 0.490 e. The number of aryl methyl sites for hydroxylation is 2. The fourth-order valence-corrected chi connectivity index (χ4v) is 5.45. The van der Waals surface area contributed by atoms with Crippen molar-refractivity contribution in [1.82, 2.24) is 9.55 Å². The Morgan fingerprint density at radius 2 is 1.79 bits per heavy atom. The molecule has 1 atom stereocenters. The van der Waals surface area contributed by atoms with Crippen molar-refractivity contribution in [2.45, 2.75) is 59.4 Å². The highest BCUT2D eigenvalue weighted by Gasteiger charge is 2.43. The lowest BCUT2D eigenvalue weighted by atomic mass is 9.70. The molecule has 1 aromatic heterocycles. The zero-order valence-corrected chi connectivity index (χ0v) is 22.5. The van der Waals surface area contributed by atoms with E-state index in [9.17, 15) is 10.2 Å². The van der Waals surface area contributed by atoms with Gasteiger partial charge in [-0.1, -0.05) is 50.2 Å². The maximum absolute atomic E-state index is 13.5. The Labute approximate surface area is 223 Å². The highest BCUT2D eigenvalue weighted by molar-refractivity contribution is 6.00. The van der Waals surface area contributed by atoms with Crippen molar-refractivity contribution in [2.24, 2.45) is 5.41 Å². The number of ether oxygens (including phenoxy) is 3. The second-order valence-electron chi connectivity index (χ2n) is 10.6. The summed E-state index contributed by atoms with van der Waals surface area (Å²) in [5, 5.41) is 9.18. The zero-order chi connectivity index (χ0) is 26.9. The highest BCUT2D eigenvalue weighted by Crippen LogP contribution is 2.48. The van der Waals surface area contributed by atoms with E-state index in [0.29, 0.717) is 67.3 Å². The number of nitrogens with zero attached hydrogens (tertiary/aromatic N) is 2. The van der Waals surface area contributed by atoms with Crippen LogP contribution in [0.2, 0.25) is 0 Å². The predicted octanol–water partition coefficient (Wildman–Crippen LogP) is 5.57. The molecule has 0 unspecified atom stereocenters. The quantitative estimate of drug-likeness (QED) is 0.426. The molecule has 1 N–H and O–H groups in total. The van der Waals surface area contributed by atoms with Gasteiger partial charge in [-0.15, -0.1) is 0 Å². The highest BCUT2D eigenvalue weighted by atomic mass is 16.5. The fourth-order valence-electron chi connectivity index (χ4n) is 5.45. The lowest BCUT2D eigenvalue weighted by Gasteiger charge is -2.37. The Bertz CT molecular complexity index is 1440. The lowest BCUT2D eigenvalue weighted by Crippen LogP contribution is -2.37. The van der Waals surface area contributed by atoms with Crippen LogP contribution in [-0.4, -0.2) is 28.5 Å². The number of rotatable bonds is 8. The molecule has 2 aliphatic rings. The van der Waals surface area contributed by atoms with Gasteiger partial charge in [-0.3, -0.25) is 10.2 Å². The van der Waals surface area contributed by atoms with E-state index in [4.69, 9.17) is 14.2 Å². The molecule has 7 heteroatoms. The Morgan fingerprint density at radius 3 is 2.53 bits per heavy atom. The van der Waals surface area contributed by atoms with Crippen molar-refractivity contribution in [3.05, 3.63) is 88.4 Å². The van der Waals surface area contributed by atoms with Gasteiger partial charge >= 0.3 is 0 Å². The Morgan fingerprint density at radius 1 is 1.05 bits per heavy atom. The van der Waals surface area contributed by atoms with Crippen molar-refractivity contribution in [3.63, 3.8) is 0 Å². The number of nitrogens with one attached hydrogen (secondary N) is 1. The molecule has 1 aliphatic heterocycles. The smallest absolute Gasteiger partial charge is 0.228 e. The van der Waals surface area contributed by atoms with Crippen LogP contribution in [0.1, 0.15) is 63.1 Å². The number of carbonyl (C=O) groups is 1. The molecular formula is C31H35N3O4. The third kappa shape index (κ3) is 4.97. The molecular weight excluding hydrogens is 478 g/mol. The molecule has 0 amide bonds. The van der Waals surface area contributed by atoms with E-state index in [1.54, 1.807) is 6.33 Å². The number of hydrogen-bond donors (Lipinski definition) is 1. The fraction of sp³-hybridized carbons (Fsp3) is 0.387. The van der Waals surface area contributed by atoms with Gasteiger partial charge in [-0.2, -0.15) is 0 Å². The summed E-state index contributed by atoms with van der Waals surface area (Å²) in [6.45, 7) is 9.75. The van der Waals surface area contributed by atoms with Gasteiger partial charge in [0.15, 0.2) is 17.3 Å². The first-order valence-electron chi connectivity index (χ1n) is 13.3. The topological polar surface area (TPSA) is 86.4 Å². The number of benzene rings is 2. The molecule has 0 fully saturated rings. The molecule has 5 rings (SSSR count). The summed E-state index contributed by atoms with van der Waals surface area (Å²) in [5.74, 6) is 2.28. The van der Waals surface area contributed by atoms with Crippen LogP contribution >= 0.6 is 0 Å². The predicted molar refractivity (Wildman–Crippen MR) is 145 cm³/mol. The number of carbonyl (C=O) groups excluding carboxylic acids is 1. The van der Waals surface area contributed by atoms with Crippen LogP contribution in [0.15, 0.2) is 66.2 Å². The van der Waals surface area contributed by atoms with Crippen LogP contribution in [0.5, 0.6) is 17.4 Å². The second kappa shape index (κ2) is 10.5. The van der Waals surface area contributed by atoms with E-state index >= 15 is 0 Å². The summed E-state index contributed by atoms with van der Waals surface area (Å²) in [7, 11) is 0. The van der Waals surface area contributed by atoms with Gasteiger partial charge in [0.1, 0.15) is 17.6 Å². The third-order valence-corrected chi connectivity index (χ3v) is 7.15. The molecule has 3 aromatic rings. The summed E-state index contributed by atoms with van der Waals surface area (Å²) in [4.78, 5) is 18.1.